The topological polar surface area (TPSA) is 91.2 Å². The van der Waals surface area contributed by atoms with Crippen LogP contribution in [0.2, 0.25) is 0 Å². The number of aromatic nitrogens is 2. The molecule has 0 aliphatic carbocycles. The van der Waals surface area contributed by atoms with Gasteiger partial charge in [0.05, 0.1) is 7.11 Å². The average molecular weight is 219 g/mol. The molecular weight excluding hydrogens is 210 g/mol. The molecule has 0 fully saturated rings. The van der Waals surface area contributed by atoms with E-state index in [0.717, 1.165) is 0 Å². The Bertz CT molecular complexity index is 504. The molecule has 0 amide bonds. The summed E-state index contributed by atoms with van der Waals surface area (Å²) in [6.07, 6.45) is 0. The van der Waals surface area contributed by atoms with Gasteiger partial charge >= 0.3 is 0 Å². The molecule has 0 unspecified atom stereocenters. The molecule has 0 aliphatic heterocycles. The molecule has 16 heavy (non-hydrogen) atoms. The Labute approximate surface area is 91.0 Å². The van der Waals surface area contributed by atoms with Crippen molar-refractivity contribution < 1.29 is 14.2 Å². The van der Waals surface area contributed by atoms with Gasteiger partial charge in [-0.1, -0.05) is 0 Å². The highest BCUT2D eigenvalue weighted by atomic mass is 16.6. The number of hydrogen-bond donors (Lipinski definition) is 1. The maximum absolute atomic E-state index is 11.8. The van der Waals surface area contributed by atoms with Gasteiger partial charge in [0.2, 0.25) is 5.78 Å². The van der Waals surface area contributed by atoms with E-state index in [-0.39, 0.29) is 17.3 Å². The fourth-order valence-corrected chi connectivity index (χ4v) is 1.23. The predicted molar refractivity (Wildman–Crippen MR) is 55.1 cm³/mol. The quantitative estimate of drug-likeness (QED) is 0.771. The minimum atomic E-state index is -0.332. The van der Waals surface area contributed by atoms with Gasteiger partial charge < -0.3 is 10.5 Å². The number of rotatable bonds is 3. The molecule has 0 aliphatic rings. The van der Waals surface area contributed by atoms with E-state index in [2.05, 4.69) is 14.9 Å². The largest absolute Gasteiger partial charge is 0.497 e. The molecule has 2 N–H and O–H groups in total. The Morgan fingerprint density at radius 3 is 2.50 bits per heavy atom. The molecule has 0 saturated heterocycles. The van der Waals surface area contributed by atoms with Crippen LogP contribution in [0.5, 0.6) is 5.75 Å². The van der Waals surface area contributed by atoms with Crippen LogP contribution in [0.15, 0.2) is 28.9 Å². The maximum Gasteiger partial charge on any atom is 0.218 e. The van der Waals surface area contributed by atoms with Crippen molar-refractivity contribution in [2.45, 2.75) is 0 Å². The lowest BCUT2D eigenvalue weighted by Crippen LogP contribution is -2.05. The molecule has 1 aromatic carbocycles. The highest BCUT2D eigenvalue weighted by Crippen LogP contribution is 2.16. The lowest BCUT2D eigenvalue weighted by atomic mass is 10.1. The number of ketones is 1. The molecule has 1 heterocycles. The van der Waals surface area contributed by atoms with Crippen molar-refractivity contribution in [3.63, 3.8) is 0 Å². The minimum Gasteiger partial charge on any atom is -0.497 e. The summed E-state index contributed by atoms with van der Waals surface area (Å²) < 4.78 is 9.34. The zero-order chi connectivity index (χ0) is 11.5. The molecule has 6 nitrogen and oxygen atoms in total. The summed E-state index contributed by atoms with van der Waals surface area (Å²) in [6, 6.07) is 6.60. The summed E-state index contributed by atoms with van der Waals surface area (Å²) in [5.41, 5.74) is 5.89. The third-order valence-electron chi connectivity index (χ3n) is 2.08. The van der Waals surface area contributed by atoms with Gasteiger partial charge in [-0.15, -0.1) is 0 Å². The number of nitrogens with zero attached hydrogens (tertiary/aromatic N) is 2. The van der Waals surface area contributed by atoms with E-state index in [9.17, 15) is 4.79 Å². The maximum atomic E-state index is 11.8. The number of benzene rings is 1. The average Bonchev–Trinajstić information content (AvgIpc) is 2.75. The Kier molecular flexibility index (Phi) is 2.55. The van der Waals surface area contributed by atoms with Gasteiger partial charge in [0.25, 0.3) is 0 Å². The predicted octanol–water partition coefficient (Wildman–Crippen LogP) is 0.891. The molecular formula is C10H9N3O3. The number of hydrogen-bond acceptors (Lipinski definition) is 6. The number of nitrogens with two attached hydrogens (primary N) is 1. The van der Waals surface area contributed by atoms with Crippen LogP contribution >= 0.6 is 0 Å². The van der Waals surface area contributed by atoms with Gasteiger partial charge in [0, 0.05) is 5.56 Å². The van der Waals surface area contributed by atoms with Crippen LogP contribution < -0.4 is 10.5 Å². The highest BCUT2D eigenvalue weighted by Gasteiger charge is 2.17. The Hall–Kier alpha value is -2.37. The second-order valence-electron chi connectivity index (χ2n) is 3.06. The molecule has 0 atom stereocenters. The second kappa shape index (κ2) is 4.01. The van der Waals surface area contributed by atoms with Crippen molar-refractivity contribution in [3.05, 3.63) is 35.5 Å². The minimum absolute atomic E-state index is 0.0131. The van der Waals surface area contributed by atoms with Crippen molar-refractivity contribution in [1.82, 2.24) is 10.3 Å². The number of anilines is 1. The van der Waals surface area contributed by atoms with Gasteiger partial charge in [-0.05, 0) is 34.6 Å². The van der Waals surface area contributed by atoms with Crippen LogP contribution in [0.25, 0.3) is 0 Å². The molecule has 2 rings (SSSR count). The van der Waals surface area contributed by atoms with Gasteiger partial charge in [0.1, 0.15) is 5.75 Å². The normalized spacial score (nSPS) is 10.1. The molecule has 0 spiro atoms. The molecule has 6 heteroatoms. The van der Waals surface area contributed by atoms with Gasteiger partial charge in [-0.25, -0.2) is 4.63 Å². The van der Waals surface area contributed by atoms with Crippen molar-refractivity contribution in [1.29, 1.82) is 0 Å². The molecule has 1 aromatic heterocycles. The number of carbonyl (C=O) groups is 1. The second-order valence-corrected chi connectivity index (χ2v) is 3.06. The van der Waals surface area contributed by atoms with E-state index in [1.807, 2.05) is 0 Å². The van der Waals surface area contributed by atoms with E-state index >= 15 is 0 Å². The Balaban J connectivity index is 2.31. The number of ether oxygens (including phenoxy) is 1. The van der Waals surface area contributed by atoms with Crippen LogP contribution in [-0.4, -0.2) is 23.2 Å². The summed E-state index contributed by atoms with van der Waals surface area (Å²) in [5.74, 6) is 0.324. The monoisotopic (exact) mass is 219 g/mol. The number of carbonyl (C=O) groups excluding carboxylic acids is 1. The first kappa shape index (κ1) is 10.2. The smallest absolute Gasteiger partial charge is 0.218 e. The van der Waals surface area contributed by atoms with Crippen molar-refractivity contribution in [3.8, 4) is 5.75 Å². The molecule has 0 bridgehead atoms. The van der Waals surface area contributed by atoms with Crippen molar-refractivity contribution in [2.24, 2.45) is 0 Å². The first-order valence-corrected chi connectivity index (χ1v) is 4.49. The summed E-state index contributed by atoms with van der Waals surface area (Å²) >= 11 is 0. The third kappa shape index (κ3) is 1.72. The lowest BCUT2D eigenvalue weighted by molar-refractivity contribution is 0.103. The molecule has 82 valence electrons. The van der Waals surface area contributed by atoms with E-state index in [1.54, 1.807) is 31.4 Å². The number of nitrogen functional groups attached to an aromatic ring is 1. The van der Waals surface area contributed by atoms with Gasteiger partial charge in [-0.2, -0.15) is 0 Å². The Morgan fingerprint density at radius 2 is 2.00 bits per heavy atom. The summed E-state index contributed by atoms with van der Waals surface area (Å²) in [7, 11) is 1.55. The summed E-state index contributed by atoms with van der Waals surface area (Å²) in [6.45, 7) is 0. The first-order valence-electron chi connectivity index (χ1n) is 4.49. The summed E-state index contributed by atoms with van der Waals surface area (Å²) in [5, 5.41) is 6.79. The molecule has 0 radical (unpaired) electrons. The SMILES string of the molecule is COc1ccc(C(=O)c2nonc2N)cc1. The van der Waals surface area contributed by atoms with Crippen LogP contribution in [0.1, 0.15) is 16.1 Å². The third-order valence-corrected chi connectivity index (χ3v) is 2.08. The Morgan fingerprint density at radius 1 is 1.31 bits per heavy atom. The molecule has 0 saturated carbocycles. The van der Waals surface area contributed by atoms with E-state index in [4.69, 9.17) is 10.5 Å². The van der Waals surface area contributed by atoms with Gasteiger partial charge in [-0.3, -0.25) is 4.79 Å². The van der Waals surface area contributed by atoms with Crippen LogP contribution in [0.3, 0.4) is 0 Å². The van der Waals surface area contributed by atoms with Crippen molar-refractivity contribution in [2.75, 3.05) is 12.8 Å². The van der Waals surface area contributed by atoms with E-state index in [1.165, 1.54) is 0 Å². The first-order chi connectivity index (χ1) is 7.72. The highest BCUT2D eigenvalue weighted by molar-refractivity contribution is 6.10. The fraction of sp³-hybridized carbons (Fsp3) is 0.100. The summed E-state index contributed by atoms with van der Waals surface area (Å²) in [4.78, 5) is 11.8. The lowest BCUT2D eigenvalue weighted by Gasteiger charge is -2.00. The van der Waals surface area contributed by atoms with Crippen LogP contribution in [0.4, 0.5) is 5.82 Å². The zero-order valence-corrected chi connectivity index (χ0v) is 8.51. The number of methoxy groups -OCH3 is 1. The van der Waals surface area contributed by atoms with Crippen molar-refractivity contribution >= 4 is 11.6 Å². The van der Waals surface area contributed by atoms with Crippen LogP contribution in [0, 0.1) is 0 Å². The standard InChI is InChI=1S/C10H9N3O3/c1-15-7-4-2-6(3-5-7)9(14)8-10(11)13-16-12-8/h2-5H,1H3,(H2,11,13). The van der Waals surface area contributed by atoms with E-state index in [0.29, 0.717) is 11.3 Å². The fourth-order valence-electron chi connectivity index (χ4n) is 1.23. The van der Waals surface area contributed by atoms with E-state index < -0.39 is 0 Å². The van der Waals surface area contributed by atoms with Crippen LogP contribution in [-0.2, 0) is 0 Å². The van der Waals surface area contributed by atoms with Gasteiger partial charge in [0.15, 0.2) is 11.5 Å². The molecule has 2 aromatic rings. The zero-order valence-electron chi connectivity index (χ0n) is 8.51.